The predicted octanol–water partition coefficient (Wildman–Crippen LogP) is 2.56. The smallest absolute Gasteiger partial charge is 0.262 e. The molecule has 1 aliphatic rings. The van der Waals surface area contributed by atoms with Crippen LogP contribution in [0.4, 0.5) is 0 Å². The van der Waals surface area contributed by atoms with Crippen molar-refractivity contribution in [1.82, 2.24) is 5.32 Å². The van der Waals surface area contributed by atoms with Crippen LogP contribution in [0.5, 0.6) is 11.5 Å². The fraction of sp³-hybridized carbons (Fsp3) is 0.412. The zero-order valence-electron chi connectivity index (χ0n) is 13.6. The summed E-state index contributed by atoms with van der Waals surface area (Å²) in [5.41, 5.74) is 0.459. The fourth-order valence-electron chi connectivity index (χ4n) is 2.39. The molecule has 0 aromatic heterocycles. The van der Waals surface area contributed by atoms with Gasteiger partial charge in [0.05, 0.1) is 25.3 Å². The lowest BCUT2D eigenvalue weighted by atomic mass is 10.1. The van der Waals surface area contributed by atoms with Crippen molar-refractivity contribution in [1.29, 1.82) is 5.26 Å². The van der Waals surface area contributed by atoms with E-state index in [-0.39, 0.29) is 11.7 Å². The molecule has 7 heteroatoms. The van der Waals surface area contributed by atoms with Gasteiger partial charge in [-0.05, 0) is 30.5 Å². The van der Waals surface area contributed by atoms with Crippen molar-refractivity contribution >= 4 is 23.6 Å². The number of rotatable bonds is 6. The molecule has 0 saturated carbocycles. The van der Waals surface area contributed by atoms with Crippen LogP contribution in [0.25, 0.3) is 6.08 Å². The molecule has 1 aromatic rings. The summed E-state index contributed by atoms with van der Waals surface area (Å²) in [6, 6.07) is 5.09. The highest BCUT2D eigenvalue weighted by Gasteiger charge is 2.18. The van der Waals surface area contributed by atoms with Crippen LogP contribution >= 0.6 is 11.6 Å². The number of ether oxygens (including phenoxy) is 3. The molecule has 0 bridgehead atoms. The summed E-state index contributed by atoms with van der Waals surface area (Å²) in [7, 11) is 3.00. The molecule has 1 saturated heterocycles. The molecule has 0 unspecified atom stereocenters. The van der Waals surface area contributed by atoms with Gasteiger partial charge in [-0.2, -0.15) is 5.26 Å². The molecule has 0 radical (unpaired) electrons. The van der Waals surface area contributed by atoms with E-state index in [0.29, 0.717) is 35.2 Å². The van der Waals surface area contributed by atoms with E-state index in [4.69, 9.17) is 25.8 Å². The Hall–Kier alpha value is -2.23. The van der Waals surface area contributed by atoms with Gasteiger partial charge in [-0.1, -0.05) is 11.6 Å². The van der Waals surface area contributed by atoms with E-state index >= 15 is 0 Å². The molecule has 1 heterocycles. The molecule has 1 N–H and O–H groups in total. The fourth-order valence-corrected chi connectivity index (χ4v) is 2.60. The van der Waals surface area contributed by atoms with E-state index in [1.807, 2.05) is 6.07 Å². The van der Waals surface area contributed by atoms with Gasteiger partial charge < -0.3 is 19.5 Å². The van der Waals surface area contributed by atoms with E-state index in [1.165, 1.54) is 20.3 Å². The quantitative estimate of drug-likeness (QED) is 0.630. The number of hydrogen-bond donors (Lipinski definition) is 1. The maximum absolute atomic E-state index is 12.2. The number of nitriles is 1. The lowest BCUT2D eigenvalue weighted by Gasteiger charge is -2.11. The Kier molecular flexibility index (Phi) is 6.47. The van der Waals surface area contributed by atoms with Gasteiger partial charge in [0.2, 0.25) is 0 Å². The second-order valence-electron chi connectivity index (χ2n) is 5.24. The molecular weight excluding hydrogens is 332 g/mol. The normalized spacial score (nSPS) is 17.2. The van der Waals surface area contributed by atoms with E-state index in [1.54, 1.807) is 12.1 Å². The average molecular weight is 351 g/mol. The van der Waals surface area contributed by atoms with Crippen LogP contribution < -0.4 is 14.8 Å². The highest BCUT2D eigenvalue weighted by Crippen LogP contribution is 2.34. The van der Waals surface area contributed by atoms with Crippen LogP contribution in [-0.2, 0) is 9.53 Å². The number of nitrogens with one attached hydrogen (secondary N) is 1. The third-order valence-corrected chi connectivity index (χ3v) is 4.01. The predicted molar refractivity (Wildman–Crippen MR) is 90.1 cm³/mol. The maximum atomic E-state index is 12.2. The summed E-state index contributed by atoms with van der Waals surface area (Å²) < 4.78 is 15.8. The zero-order valence-corrected chi connectivity index (χ0v) is 14.4. The van der Waals surface area contributed by atoms with Crippen LogP contribution in [0.3, 0.4) is 0 Å². The van der Waals surface area contributed by atoms with Crippen molar-refractivity contribution in [3.8, 4) is 17.6 Å². The summed E-state index contributed by atoms with van der Waals surface area (Å²) in [6.07, 6.45) is 3.34. The minimum atomic E-state index is -0.459. The lowest BCUT2D eigenvalue weighted by molar-refractivity contribution is -0.117. The maximum Gasteiger partial charge on any atom is 0.262 e. The first-order chi connectivity index (χ1) is 11.6. The highest BCUT2D eigenvalue weighted by molar-refractivity contribution is 6.32. The molecule has 2 rings (SSSR count). The highest BCUT2D eigenvalue weighted by atomic mass is 35.5. The molecule has 128 valence electrons. The summed E-state index contributed by atoms with van der Waals surface area (Å²) in [6.45, 7) is 1.10. The minimum Gasteiger partial charge on any atom is -0.493 e. The largest absolute Gasteiger partial charge is 0.493 e. The molecule has 0 aliphatic carbocycles. The third-order valence-electron chi connectivity index (χ3n) is 3.68. The molecule has 1 fully saturated rings. The summed E-state index contributed by atoms with van der Waals surface area (Å²) in [5, 5.41) is 12.3. The minimum absolute atomic E-state index is 0.0126. The van der Waals surface area contributed by atoms with Crippen LogP contribution in [0.2, 0.25) is 5.02 Å². The van der Waals surface area contributed by atoms with Crippen molar-refractivity contribution in [2.24, 2.45) is 0 Å². The first kappa shape index (κ1) is 18.1. The van der Waals surface area contributed by atoms with Gasteiger partial charge in [0.25, 0.3) is 5.91 Å². The number of carbonyl (C=O) groups is 1. The van der Waals surface area contributed by atoms with Gasteiger partial charge in [-0.25, -0.2) is 0 Å². The Bertz CT molecular complexity index is 676. The molecule has 6 nitrogen and oxygen atoms in total. The molecule has 1 amide bonds. The second kappa shape index (κ2) is 8.57. The van der Waals surface area contributed by atoms with Crippen LogP contribution in [0.15, 0.2) is 17.7 Å². The number of hydrogen-bond acceptors (Lipinski definition) is 5. The topological polar surface area (TPSA) is 80.6 Å². The van der Waals surface area contributed by atoms with Crippen molar-refractivity contribution in [2.45, 2.75) is 18.9 Å². The molecular formula is C17H19ClN2O4. The molecule has 1 atom stereocenters. The Balaban J connectivity index is 2.16. The second-order valence-corrected chi connectivity index (χ2v) is 5.65. The van der Waals surface area contributed by atoms with Gasteiger partial charge in [0.15, 0.2) is 11.5 Å². The molecule has 1 aromatic carbocycles. The van der Waals surface area contributed by atoms with Gasteiger partial charge in [0.1, 0.15) is 11.6 Å². The van der Waals surface area contributed by atoms with E-state index < -0.39 is 5.91 Å². The van der Waals surface area contributed by atoms with Crippen LogP contribution in [0, 0.1) is 11.3 Å². The van der Waals surface area contributed by atoms with E-state index in [2.05, 4.69) is 5.32 Å². The number of carbonyl (C=O) groups excluding carboxylic acids is 1. The standard InChI is InChI=1S/C17H19ClN2O4/c1-22-15-7-11(14(18)8-16(15)23-2)6-12(9-19)17(21)20-10-13-4-3-5-24-13/h6-8,13H,3-5,10H2,1-2H3,(H,20,21)/b12-6+/t13-/m1/s1. The average Bonchev–Trinajstić information content (AvgIpc) is 3.11. The van der Waals surface area contributed by atoms with Crippen molar-refractivity contribution in [3.05, 3.63) is 28.3 Å². The molecule has 1 aliphatic heterocycles. The van der Waals surface area contributed by atoms with Crippen molar-refractivity contribution < 1.29 is 19.0 Å². The first-order valence-electron chi connectivity index (χ1n) is 7.52. The van der Waals surface area contributed by atoms with Gasteiger partial charge in [-0.3, -0.25) is 4.79 Å². The number of benzene rings is 1. The van der Waals surface area contributed by atoms with Gasteiger partial charge >= 0.3 is 0 Å². The number of amides is 1. The molecule has 0 spiro atoms. The summed E-state index contributed by atoms with van der Waals surface area (Å²) >= 11 is 6.18. The van der Waals surface area contributed by atoms with Crippen LogP contribution in [-0.4, -0.2) is 39.4 Å². The van der Waals surface area contributed by atoms with E-state index in [9.17, 15) is 10.1 Å². The van der Waals surface area contributed by atoms with Crippen molar-refractivity contribution in [2.75, 3.05) is 27.4 Å². The number of methoxy groups -OCH3 is 2. The van der Waals surface area contributed by atoms with Crippen molar-refractivity contribution in [3.63, 3.8) is 0 Å². The molecule has 24 heavy (non-hydrogen) atoms. The number of halogens is 1. The zero-order chi connectivity index (χ0) is 17.5. The number of nitrogens with zero attached hydrogens (tertiary/aromatic N) is 1. The van der Waals surface area contributed by atoms with E-state index in [0.717, 1.165) is 12.8 Å². The monoisotopic (exact) mass is 350 g/mol. The lowest BCUT2D eigenvalue weighted by Crippen LogP contribution is -2.32. The summed E-state index contributed by atoms with van der Waals surface area (Å²) in [5.74, 6) is 0.477. The van der Waals surface area contributed by atoms with Crippen LogP contribution in [0.1, 0.15) is 18.4 Å². The Morgan fingerprint density at radius 1 is 1.46 bits per heavy atom. The third kappa shape index (κ3) is 4.40. The summed E-state index contributed by atoms with van der Waals surface area (Å²) in [4.78, 5) is 12.2. The van der Waals surface area contributed by atoms with Gasteiger partial charge in [0, 0.05) is 19.2 Å². The Morgan fingerprint density at radius 3 is 2.75 bits per heavy atom. The Labute approximate surface area is 145 Å². The first-order valence-corrected chi connectivity index (χ1v) is 7.90. The van der Waals surface area contributed by atoms with Gasteiger partial charge in [-0.15, -0.1) is 0 Å². The SMILES string of the molecule is COc1cc(Cl)c(/C=C(\C#N)C(=O)NC[C@H]2CCCO2)cc1OC. The Morgan fingerprint density at radius 2 is 2.17 bits per heavy atom.